The van der Waals surface area contributed by atoms with Crippen molar-refractivity contribution in [3.63, 3.8) is 0 Å². The van der Waals surface area contributed by atoms with Crippen molar-refractivity contribution in [2.45, 2.75) is 5.88 Å². The number of halogens is 1. The summed E-state index contributed by atoms with van der Waals surface area (Å²) in [6, 6.07) is 0. The Hall–Kier alpha value is -1.10. The summed E-state index contributed by atoms with van der Waals surface area (Å²) in [4.78, 5) is 14.5. The molecule has 0 radical (unpaired) electrons. The molecule has 1 aromatic rings. The molecule has 11 heavy (non-hydrogen) atoms. The minimum atomic E-state index is -0.408. The van der Waals surface area contributed by atoms with Gasteiger partial charge < -0.3 is 9.84 Å². The summed E-state index contributed by atoms with van der Waals surface area (Å²) in [7, 11) is 1.48. The van der Waals surface area contributed by atoms with Gasteiger partial charge in [-0.1, -0.05) is 5.16 Å². The number of nitrogens with zero attached hydrogens (tertiary/aromatic N) is 2. The molecule has 0 fully saturated rings. The Kier molecular flexibility index (Phi) is 2.43. The number of carbonyl (C=O) groups is 1. The SMILES string of the molecule is CNC(=O)c1nc(CCl)no1. The van der Waals surface area contributed by atoms with Gasteiger partial charge in [0.05, 0.1) is 5.88 Å². The summed E-state index contributed by atoms with van der Waals surface area (Å²) in [6.45, 7) is 0. The second-order valence-electron chi connectivity index (χ2n) is 1.73. The number of alkyl halides is 1. The molecular formula is C5H6ClN3O2. The van der Waals surface area contributed by atoms with Crippen LogP contribution in [0.3, 0.4) is 0 Å². The normalized spacial score (nSPS) is 9.64. The summed E-state index contributed by atoms with van der Waals surface area (Å²) in [5, 5.41) is 5.77. The molecule has 5 nitrogen and oxygen atoms in total. The van der Waals surface area contributed by atoms with Crippen molar-refractivity contribution >= 4 is 17.5 Å². The smallest absolute Gasteiger partial charge is 0.315 e. The van der Waals surface area contributed by atoms with Gasteiger partial charge >= 0.3 is 11.8 Å². The summed E-state index contributed by atoms with van der Waals surface area (Å²) in [5.41, 5.74) is 0. The fourth-order valence-electron chi connectivity index (χ4n) is 0.507. The first-order valence-corrected chi connectivity index (χ1v) is 3.42. The molecule has 1 amide bonds. The molecule has 1 N–H and O–H groups in total. The summed E-state index contributed by atoms with van der Waals surface area (Å²) < 4.78 is 4.55. The van der Waals surface area contributed by atoms with Gasteiger partial charge in [0.15, 0.2) is 5.82 Å². The Morgan fingerprint density at radius 1 is 1.82 bits per heavy atom. The Labute approximate surface area is 67.7 Å². The van der Waals surface area contributed by atoms with Crippen LogP contribution in [-0.4, -0.2) is 23.1 Å². The molecule has 0 aliphatic carbocycles. The summed E-state index contributed by atoms with van der Waals surface area (Å²) in [6.07, 6.45) is 0. The zero-order valence-corrected chi connectivity index (χ0v) is 6.55. The highest BCUT2D eigenvalue weighted by Crippen LogP contribution is 1.99. The van der Waals surface area contributed by atoms with Gasteiger partial charge in [-0.05, 0) is 0 Å². The van der Waals surface area contributed by atoms with Crippen LogP contribution in [-0.2, 0) is 5.88 Å². The van der Waals surface area contributed by atoms with Crippen molar-refractivity contribution < 1.29 is 9.32 Å². The molecule has 0 unspecified atom stereocenters. The van der Waals surface area contributed by atoms with Crippen LogP contribution in [0.15, 0.2) is 4.52 Å². The molecule has 0 spiro atoms. The average molecular weight is 176 g/mol. The lowest BCUT2D eigenvalue weighted by Crippen LogP contribution is -2.18. The molecule has 0 bridgehead atoms. The highest BCUT2D eigenvalue weighted by molar-refractivity contribution is 6.16. The van der Waals surface area contributed by atoms with Crippen molar-refractivity contribution in [2.24, 2.45) is 0 Å². The van der Waals surface area contributed by atoms with Crippen LogP contribution >= 0.6 is 11.6 Å². The van der Waals surface area contributed by atoms with E-state index in [-0.39, 0.29) is 11.8 Å². The second kappa shape index (κ2) is 3.34. The molecule has 0 aliphatic rings. The van der Waals surface area contributed by atoms with Crippen LogP contribution in [0.2, 0.25) is 0 Å². The number of hydrogen-bond donors (Lipinski definition) is 1. The minimum Gasteiger partial charge on any atom is -0.351 e. The zero-order valence-electron chi connectivity index (χ0n) is 5.80. The lowest BCUT2D eigenvalue weighted by atomic mass is 10.6. The molecular weight excluding hydrogens is 170 g/mol. The molecule has 1 aromatic heterocycles. The fourth-order valence-corrected chi connectivity index (χ4v) is 0.616. The third-order valence-corrected chi connectivity index (χ3v) is 1.25. The van der Waals surface area contributed by atoms with Gasteiger partial charge in [-0.15, -0.1) is 11.6 Å². The van der Waals surface area contributed by atoms with Gasteiger partial charge in [0.2, 0.25) is 0 Å². The Morgan fingerprint density at radius 3 is 3.00 bits per heavy atom. The Bertz CT molecular complexity index is 260. The van der Waals surface area contributed by atoms with Crippen LogP contribution in [0, 0.1) is 0 Å². The van der Waals surface area contributed by atoms with Crippen molar-refractivity contribution in [3.8, 4) is 0 Å². The molecule has 0 saturated heterocycles. The molecule has 0 aromatic carbocycles. The number of aromatic nitrogens is 2. The van der Waals surface area contributed by atoms with Gasteiger partial charge in [0, 0.05) is 7.05 Å². The second-order valence-corrected chi connectivity index (χ2v) is 2.00. The lowest BCUT2D eigenvalue weighted by molar-refractivity contribution is 0.0919. The minimum absolute atomic E-state index is 0.0665. The molecule has 6 heteroatoms. The first kappa shape index (κ1) is 8.00. The van der Waals surface area contributed by atoms with E-state index in [1.165, 1.54) is 7.05 Å². The quantitative estimate of drug-likeness (QED) is 0.651. The van der Waals surface area contributed by atoms with E-state index in [0.29, 0.717) is 5.82 Å². The first-order valence-electron chi connectivity index (χ1n) is 2.88. The van der Waals surface area contributed by atoms with Gasteiger partial charge in [-0.3, -0.25) is 4.79 Å². The monoisotopic (exact) mass is 175 g/mol. The van der Waals surface area contributed by atoms with E-state index in [1.54, 1.807) is 0 Å². The number of nitrogens with one attached hydrogen (secondary N) is 1. The van der Waals surface area contributed by atoms with Crippen molar-refractivity contribution in [2.75, 3.05) is 7.05 Å². The van der Waals surface area contributed by atoms with Gasteiger partial charge in [-0.25, -0.2) is 0 Å². The molecule has 0 saturated carbocycles. The van der Waals surface area contributed by atoms with E-state index >= 15 is 0 Å². The van der Waals surface area contributed by atoms with Crippen LogP contribution in [0.1, 0.15) is 16.5 Å². The number of hydrogen-bond acceptors (Lipinski definition) is 4. The topological polar surface area (TPSA) is 68.0 Å². The third-order valence-electron chi connectivity index (χ3n) is 1.01. The lowest BCUT2D eigenvalue weighted by Gasteiger charge is -1.87. The summed E-state index contributed by atoms with van der Waals surface area (Å²) in [5.74, 6) is -0.0252. The van der Waals surface area contributed by atoms with Gasteiger partial charge in [0.1, 0.15) is 0 Å². The van der Waals surface area contributed by atoms with E-state index < -0.39 is 5.91 Å². The third kappa shape index (κ3) is 1.68. The maximum atomic E-state index is 10.8. The fraction of sp³-hybridized carbons (Fsp3) is 0.400. The number of carbonyl (C=O) groups excluding carboxylic acids is 1. The standard InChI is InChI=1S/C5H6ClN3O2/c1-7-4(10)5-8-3(2-6)9-11-5/h2H2,1H3,(H,7,10). The van der Waals surface area contributed by atoms with Crippen LogP contribution in [0.25, 0.3) is 0 Å². The highest BCUT2D eigenvalue weighted by atomic mass is 35.5. The average Bonchev–Trinajstić information content (AvgIpc) is 2.50. The summed E-state index contributed by atoms with van der Waals surface area (Å²) >= 11 is 5.37. The molecule has 60 valence electrons. The molecule has 1 heterocycles. The van der Waals surface area contributed by atoms with Crippen molar-refractivity contribution in [1.82, 2.24) is 15.5 Å². The zero-order chi connectivity index (χ0) is 8.27. The number of amides is 1. The largest absolute Gasteiger partial charge is 0.351 e. The predicted octanol–water partition coefficient (Wildman–Crippen LogP) is 0.168. The van der Waals surface area contributed by atoms with Crippen LogP contribution in [0.5, 0.6) is 0 Å². The Morgan fingerprint density at radius 2 is 2.55 bits per heavy atom. The first-order chi connectivity index (χ1) is 5.27. The Balaban J connectivity index is 2.80. The predicted molar refractivity (Wildman–Crippen MR) is 37.2 cm³/mol. The van der Waals surface area contributed by atoms with Crippen molar-refractivity contribution in [3.05, 3.63) is 11.7 Å². The molecule has 0 atom stereocenters. The van der Waals surface area contributed by atoms with E-state index in [4.69, 9.17) is 11.6 Å². The maximum Gasteiger partial charge on any atom is 0.315 e. The molecule has 1 rings (SSSR count). The van der Waals surface area contributed by atoms with E-state index in [0.717, 1.165) is 0 Å². The maximum absolute atomic E-state index is 10.8. The molecule has 0 aliphatic heterocycles. The van der Waals surface area contributed by atoms with E-state index in [1.807, 2.05) is 0 Å². The van der Waals surface area contributed by atoms with Gasteiger partial charge in [-0.2, -0.15) is 4.98 Å². The van der Waals surface area contributed by atoms with Gasteiger partial charge in [0.25, 0.3) is 0 Å². The highest BCUT2D eigenvalue weighted by Gasteiger charge is 2.11. The van der Waals surface area contributed by atoms with Crippen LogP contribution in [0.4, 0.5) is 0 Å². The van der Waals surface area contributed by atoms with E-state index in [2.05, 4.69) is 20.0 Å². The number of rotatable bonds is 2. The van der Waals surface area contributed by atoms with E-state index in [9.17, 15) is 4.79 Å². The van der Waals surface area contributed by atoms with Crippen LogP contribution < -0.4 is 5.32 Å². The van der Waals surface area contributed by atoms with Crippen molar-refractivity contribution in [1.29, 1.82) is 0 Å².